The Bertz CT molecular complexity index is 762. The summed E-state index contributed by atoms with van der Waals surface area (Å²) in [5, 5.41) is 6.03. The Hall–Kier alpha value is -2.93. The van der Waals surface area contributed by atoms with Crippen LogP contribution in [0.2, 0.25) is 0 Å². The van der Waals surface area contributed by atoms with Crippen LogP contribution < -0.4 is 10.6 Å². The van der Waals surface area contributed by atoms with Crippen molar-refractivity contribution in [1.82, 2.24) is 9.88 Å². The van der Waals surface area contributed by atoms with E-state index in [1.165, 1.54) is 7.11 Å². The first-order chi connectivity index (χ1) is 12.5. The van der Waals surface area contributed by atoms with Crippen molar-refractivity contribution in [1.29, 1.82) is 0 Å². The number of pyridine rings is 1. The summed E-state index contributed by atoms with van der Waals surface area (Å²) in [4.78, 5) is 30.2. The highest BCUT2D eigenvalue weighted by molar-refractivity contribution is 6.04. The molecule has 26 heavy (non-hydrogen) atoms. The van der Waals surface area contributed by atoms with Crippen molar-refractivity contribution in [2.45, 2.75) is 6.42 Å². The number of methoxy groups -OCH3 is 1. The van der Waals surface area contributed by atoms with Gasteiger partial charge < -0.3 is 20.3 Å². The minimum absolute atomic E-state index is 0.297. The average molecular weight is 356 g/mol. The van der Waals surface area contributed by atoms with Gasteiger partial charge in [0, 0.05) is 24.1 Å². The summed E-state index contributed by atoms with van der Waals surface area (Å²) >= 11 is 0. The largest absolute Gasteiger partial charge is 0.465 e. The van der Waals surface area contributed by atoms with Crippen LogP contribution in [0.5, 0.6) is 0 Å². The summed E-state index contributed by atoms with van der Waals surface area (Å²) in [5.74, 6) is -0.799. The van der Waals surface area contributed by atoms with Gasteiger partial charge in [-0.1, -0.05) is 6.07 Å². The maximum absolute atomic E-state index is 12.4. The van der Waals surface area contributed by atoms with Crippen molar-refractivity contribution >= 4 is 23.3 Å². The maximum Gasteiger partial charge on any atom is 0.337 e. The monoisotopic (exact) mass is 356 g/mol. The molecule has 1 heterocycles. The number of rotatable bonds is 8. The van der Waals surface area contributed by atoms with Crippen LogP contribution in [0.15, 0.2) is 42.6 Å². The number of hydrogen-bond donors (Lipinski definition) is 2. The third kappa shape index (κ3) is 5.86. The second kappa shape index (κ2) is 9.53. The molecule has 0 aliphatic rings. The highest BCUT2D eigenvalue weighted by atomic mass is 16.5. The first kappa shape index (κ1) is 19.4. The smallest absolute Gasteiger partial charge is 0.337 e. The van der Waals surface area contributed by atoms with E-state index >= 15 is 0 Å². The van der Waals surface area contributed by atoms with E-state index in [1.807, 2.05) is 20.2 Å². The molecule has 0 saturated carbocycles. The molecule has 0 radical (unpaired) electrons. The van der Waals surface area contributed by atoms with Gasteiger partial charge in [0.1, 0.15) is 5.69 Å². The summed E-state index contributed by atoms with van der Waals surface area (Å²) in [6.07, 6.45) is 2.59. The lowest BCUT2D eigenvalue weighted by Gasteiger charge is -2.11. The minimum Gasteiger partial charge on any atom is -0.465 e. The second-order valence-electron chi connectivity index (χ2n) is 6.04. The third-order valence-corrected chi connectivity index (χ3v) is 3.65. The zero-order valence-corrected chi connectivity index (χ0v) is 15.3. The maximum atomic E-state index is 12.4. The van der Waals surface area contributed by atoms with Gasteiger partial charge in [-0.25, -0.2) is 4.79 Å². The van der Waals surface area contributed by atoms with Crippen LogP contribution >= 0.6 is 0 Å². The fourth-order valence-electron chi connectivity index (χ4n) is 2.33. The molecule has 0 aliphatic heterocycles. The highest BCUT2D eigenvalue weighted by Crippen LogP contribution is 2.14. The number of benzene rings is 1. The average Bonchev–Trinajstić information content (AvgIpc) is 2.65. The number of amides is 1. The SMILES string of the molecule is COC(=O)c1cccc(NC(=O)c2cc(NCCCN(C)C)ccn2)c1. The molecule has 0 spiro atoms. The van der Waals surface area contributed by atoms with Crippen molar-refractivity contribution in [3.8, 4) is 0 Å². The van der Waals surface area contributed by atoms with Gasteiger partial charge in [-0.2, -0.15) is 0 Å². The van der Waals surface area contributed by atoms with E-state index in [9.17, 15) is 9.59 Å². The molecule has 1 aromatic heterocycles. The normalized spacial score (nSPS) is 10.5. The Kier molecular flexibility index (Phi) is 7.11. The Balaban J connectivity index is 1.99. The first-order valence-electron chi connectivity index (χ1n) is 8.34. The van der Waals surface area contributed by atoms with Gasteiger partial charge in [-0.3, -0.25) is 9.78 Å². The van der Waals surface area contributed by atoms with Gasteiger partial charge >= 0.3 is 5.97 Å². The van der Waals surface area contributed by atoms with Crippen LogP contribution in [-0.4, -0.2) is 56.1 Å². The van der Waals surface area contributed by atoms with E-state index in [0.717, 1.165) is 25.2 Å². The molecule has 1 amide bonds. The number of carbonyl (C=O) groups is 2. The van der Waals surface area contributed by atoms with Crippen molar-refractivity contribution < 1.29 is 14.3 Å². The molecule has 7 nitrogen and oxygen atoms in total. The van der Waals surface area contributed by atoms with Crippen LogP contribution in [-0.2, 0) is 4.74 Å². The number of ether oxygens (including phenoxy) is 1. The van der Waals surface area contributed by atoms with E-state index in [-0.39, 0.29) is 5.91 Å². The molecule has 7 heteroatoms. The molecule has 0 aliphatic carbocycles. The Morgan fingerprint density at radius 2 is 1.96 bits per heavy atom. The van der Waals surface area contributed by atoms with Gasteiger partial charge in [-0.05, 0) is 57.4 Å². The van der Waals surface area contributed by atoms with E-state index in [2.05, 4.69) is 25.3 Å². The predicted molar refractivity (Wildman–Crippen MR) is 102 cm³/mol. The molecule has 0 unspecified atom stereocenters. The van der Waals surface area contributed by atoms with Gasteiger partial charge in [0.15, 0.2) is 0 Å². The zero-order valence-electron chi connectivity index (χ0n) is 15.3. The summed E-state index contributed by atoms with van der Waals surface area (Å²) in [7, 11) is 5.38. The third-order valence-electron chi connectivity index (χ3n) is 3.65. The number of esters is 1. The molecule has 2 N–H and O–H groups in total. The van der Waals surface area contributed by atoms with E-state index in [4.69, 9.17) is 0 Å². The van der Waals surface area contributed by atoms with Gasteiger partial charge in [-0.15, -0.1) is 0 Å². The topological polar surface area (TPSA) is 83.6 Å². The lowest BCUT2D eigenvalue weighted by atomic mass is 10.2. The quantitative estimate of drug-likeness (QED) is 0.558. The van der Waals surface area contributed by atoms with Crippen molar-refractivity contribution in [2.24, 2.45) is 0 Å². The fraction of sp³-hybridized carbons (Fsp3) is 0.316. The number of hydrogen-bond acceptors (Lipinski definition) is 6. The predicted octanol–water partition coefficient (Wildman–Crippen LogP) is 2.48. The van der Waals surface area contributed by atoms with E-state index in [0.29, 0.717) is 16.9 Å². The molecule has 2 aromatic rings. The van der Waals surface area contributed by atoms with Gasteiger partial charge in [0.25, 0.3) is 5.91 Å². The summed E-state index contributed by atoms with van der Waals surface area (Å²) in [5.41, 5.74) is 2.01. The molecule has 0 fully saturated rings. The minimum atomic E-state index is -0.455. The molecular formula is C19H24N4O3. The van der Waals surface area contributed by atoms with Crippen molar-refractivity contribution in [3.63, 3.8) is 0 Å². The second-order valence-corrected chi connectivity index (χ2v) is 6.04. The standard InChI is InChI=1S/C19H24N4O3/c1-23(2)11-5-9-20-15-8-10-21-17(13-15)18(24)22-16-7-4-6-14(12-16)19(25)26-3/h4,6-8,10,12-13H,5,9,11H2,1-3H3,(H,20,21)(H,22,24). The zero-order chi connectivity index (χ0) is 18.9. The van der Waals surface area contributed by atoms with Crippen molar-refractivity contribution in [3.05, 3.63) is 53.9 Å². The molecule has 0 bridgehead atoms. The van der Waals surface area contributed by atoms with Crippen LogP contribution in [0.3, 0.4) is 0 Å². The lowest BCUT2D eigenvalue weighted by molar-refractivity contribution is 0.0600. The number of nitrogens with zero attached hydrogens (tertiary/aromatic N) is 2. The summed E-state index contributed by atoms with van der Waals surface area (Å²) < 4.78 is 4.68. The number of aromatic nitrogens is 1. The van der Waals surface area contributed by atoms with Crippen LogP contribution in [0.25, 0.3) is 0 Å². The van der Waals surface area contributed by atoms with Gasteiger partial charge in [0.05, 0.1) is 12.7 Å². The van der Waals surface area contributed by atoms with Gasteiger partial charge in [0.2, 0.25) is 0 Å². The molecule has 138 valence electrons. The number of nitrogens with one attached hydrogen (secondary N) is 2. The molecule has 1 aromatic carbocycles. The van der Waals surface area contributed by atoms with E-state index in [1.54, 1.807) is 36.5 Å². The van der Waals surface area contributed by atoms with Crippen LogP contribution in [0.4, 0.5) is 11.4 Å². The summed E-state index contributed by atoms with van der Waals surface area (Å²) in [6.45, 7) is 1.80. The van der Waals surface area contributed by atoms with E-state index < -0.39 is 5.97 Å². The highest BCUT2D eigenvalue weighted by Gasteiger charge is 2.11. The van der Waals surface area contributed by atoms with Crippen LogP contribution in [0.1, 0.15) is 27.3 Å². The Morgan fingerprint density at radius 1 is 1.15 bits per heavy atom. The number of carbonyl (C=O) groups excluding carboxylic acids is 2. The first-order valence-corrected chi connectivity index (χ1v) is 8.34. The number of anilines is 2. The summed E-state index contributed by atoms with van der Waals surface area (Å²) in [6, 6.07) is 10.1. The van der Waals surface area contributed by atoms with Crippen LogP contribution in [0, 0.1) is 0 Å². The molecule has 0 atom stereocenters. The molecule has 0 saturated heterocycles. The Morgan fingerprint density at radius 3 is 2.69 bits per heavy atom. The molecular weight excluding hydrogens is 332 g/mol. The van der Waals surface area contributed by atoms with Crippen molar-refractivity contribution in [2.75, 3.05) is 44.9 Å². The Labute approximate surface area is 153 Å². The molecule has 2 rings (SSSR count). The fourth-order valence-corrected chi connectivity index (χ4v) is 2.33. The lowest BCUT2D eigenvalue weighted by Crippen LogP contribution is -2.17.